The van der Waals surface area contributed by atoms with Crippen LogP contribution >= 0.6 is 0 Å². The molecule has 0 radical (unpaired) electrons. The summed E-state index contributed by atoms with van der Waals surface area (Å²) in [7, 11) is 0. The third-order valence-electron chi connectivity index (χ3n) is 3.40. The van der Waals surface area contributed by atoms with Crippen LogP contribution in [-0.4, -0.2) is 33.1 Å². The number of rotatable bonds is 5. The Morgan fingerprint density at radius 2 is 2.04 bits per heavy atom. The Morgan fingerprint density at radius 1 is 1.24 bits per heavy atom. The summed E-state index contributed by atoms with van der Waals surface area (Å²) in [5.41, 5.74) is 0.584. The average molecular weight is 352 g/mol. The van der Waals surface area contributed by atoms with Gasteiger partial charge in [-0.1, -0.05) is 12.1 Å². The molecular formula is C16H12F4N4O. The van der Waals surface area contributed by atoms with Gasteiger partial charge in [-0.25, -0.2) is 13.9 Å². The zero-order chi connectivity index (χ0) is 18.0. The maximum Gasteiger partial charge on any atom is 0.390 e. The van der Waals surface area contributed by atoms with Crippen molar-refractivity contribution >= 4 is 17.1 Å². The largest absolute Gasteiger partial charge is 0.390 e. The molecule has 9 heteroatoms. The summed E-state index contributed by atoms with van der Waals surface area (Å²) in [5.74, 6) is -1.12. The minimum atomic E-state index is -4.30. The number of hydrogen-bond acceptors (Lipinski definition) is 4. The molecule has 1 aromatic carbocycles. The second-order valence-electron chi connectivity index (χ2n) is 5.27. The van der Waals surface area contributed by atoms with Gasteiger partial charge in [0.05, 0.1) is 12.1 Å². The number of hydrogen-bond donors (Lipinski definition) is 1. The average Bonchev–Trinajstić information content (AvgIpc) is 3.01. The maximum atomic E-state index is 13.3. The van der Waals surface area contributed by atoms with Gasteiger partial charge in [-0.05, 0) is 18.2 Å². The molecule has 0 bridgehead atoms. The number of carbonyl (C=O) groups excluding carboxylic acids is 1. The van der Waals surface area contributed by atoms with Crippen LogP contribution in [0.1, 0.15) is 22.5 Å². The number of nitrogens with one attached hydrogen (secondary N) is 1. The fourth-order valence-corrected chi connectivity index (χ4v) is 2.27. The van der Waals surface area contributed by atoms with Crippen molar-refractivity contribution in [2.24, 2.45) is 0 Å². The fraction of sp³-hybridized carbons (Fsp3) is 0.188. The van der Waals surface area contributed by atoms with Gasteiger partial charge in [-0.15, -0.1) is 0 Å². The lowest BCUT2D eigenvalue weighted by molar-refractivity contribution is -0.131. The summed E-state index contributed by atoms with van der Waals surface area (Å²) < 4.78 is 51.5. The molecule has 0 aliphatic rings. The molecule has 130 valence electrons. The van der Waals surface area contributed by atoms with Crippen molar-refractivity contribution < 1.29 is 22.4 Å². The summed E-state index contributed by atoms with van der Waals surface area (Å²) in [6.45, 7) is -0.371. The Bertz CT molecular complexity index is 920. The molecule has 0 fully saturated rings. The minimum Gasteiger partial charge on any atom is -0.382 e. The first-order chi connectivity index (χ1) is 11.8. The second kappa shape index (κ2) is 6.50. The van der Waals surface area contributed by atoms with Gasteiger partial charge in [0.2, 0.25) is 5.78 Å². The van der Waals surface area contributed by atoms with E-state index in [0.29, 0.717) is 0 Å². The van der Waals surface area contributed by atoms with Crippen molar-refractivity contribution in [3.05, 3.63) is 59.8 Å². The van der Waals surface area contributed by atoms with E-state index in [2.05, 4.69) is 15.4 Å². The molecule has 3 aromatic rings. The van der Waals surface area contributed by atoms with Crippen LogP contribution in [0.3, 0.4) is 0 Å². The number of alkyl halides is 3. The van der Waals surface area contributed by atoms with Gasteiger partial charge in [0, 0.05) is 24.5 Å². The Morgan fingerprint density at radius 3 is 2.76 bits per heavy atom. The number of halogens is 4. The Kier molecular flexibility index (Phi) is 4.39. The van der Waals surface area contributed by atoms with E-state index in [0.717, 1.165) is 6.07 Å². The summed E-state index contributed by atoms with van der Waals surface area (Å²) in [6, 6.07) is 6.40. The van der Waals surface area contributed by atoms with Crippen LogP contribution in [0.25, 0.3) is 5.65 Å². The zero-order valence-corrected chi connectivity index (χ0v) is 12.7. The SMILES string of the molecule is O=C(c1cccc(F)c1)c1cc(NCCC(F)(F)F)c2nccn2n1. The second-order valence-corrected chi connectivity index (χ2v) is 5.27. The molecule has 5 nitrogen and oxygen atoms in total. The highest BCUT2D eigenvalue weighted by Crippen LogP contribution is 2.22. The summed E-state index contributed by atoms with van der Waals surface area (Å²) >= 11 is 0. The Labute approximate surface area is 139 Å². The van der Waals surface area contributed by atoms with Crippen molar-refractivity contribution in [3.63, 3.8) is 0 Å². The predicted molar refractivity (Wildman–Crippen MR) is 82.0 cm³/mol. The normalized spacial score (nSPS) is 11.7. The molecule has 25 heavy (non-hydrogen) atoms. The van der Waals surface area contributed by atoms with E-state index < -0.39 is 24.2 Å². The Balaban J connectivity index is 1.92. The molecule has 0 saturated carbocycles. The van der Waals surface area contributed by atoms with E-state index in [9.17, 15) is 22.4 Å². The van der Waals surface area contributed by atoms with Crippen LogP contribution in [0.2, 0.25) is 0 Å². The standard InChI is InChI=1S/C16H12F4N4O/c17-11-3-1-2-10(8-11)14(25)12-9-13(21-5-4-16(18,19)20)15-22-6-7-24(15)23-12/h1-3,6-9,21H,4-5H2. The highest BCUT2D eigenvalue weighted by atomic mass is 19.4. The predicted octanol–water partition coefficient (Wildman–Crippen LogP) is 3.46. The first-order valence-electron chi connectivity index (χ1n) is 7.29. The molecule has 0 spiro atoms. The number of nitrogens with zero attached hydrogens (tertiary/aromatic N) is 3. The quantitative estimate of drug-likeness (QED) is 0.564. The highest BCUT2D eigenvalue weighted by Gasteiger charge is 2.26. The molecule has 0 aliphatic carbocycles. The molecule has 0 aliphatic heterocycles. The molecule has 1 N–H and O–H groups in total. The zero-order valence-electron chi connectivity index (χ0n) is 12.7. The van der Waals surface area contributed by atoms with Gasteiger partial charge in [0.1, 0.15) is 11.5 Å². The summed E-state index contributed by atoms with van der Waals surface area (Å²) in [4.78, 5) is 16.5. The molecule has 0 unspecified atom stereocenters. The third kappa shape index (κ3) is 3.93. The van der Waals surface area contributed by atoms with E-state index in [1.54, 1.807) is 0 Å². The van der Waals surface area contributed by atoms with Crippen LogP contribution in [0, 0.1) is 5.82 Å². The first-order valence-corrected chi connectivity index (χ1v) is 7.29. The highest BCUT2D eigenvalue weighted by molar-refractivity contribution is 6.08. The smallest absolute Gasteiger partial charge is 0.382 e. The lowest BCUT2D eigenvalue weighted by atomic mass is 10.1. The molecule has 2 heterocycles. The van der Waals surface area contributed by atoms with Crippen molar-refractivity contribution in [3.8, 4) is 0 Å². The lowest BCUT2D eigenvalue weighted by Gasteiger charge is -2.11. The van der Waals surface area contributed by atoms with E-state index in [4.69, 9.17) is 0 Å². The number of aromatic nitrogens is 3. The fourth-order valence-electron chi connectivity index (χ4n) is 2.27. The van der Waals surface area contributed by atoms with Gasteiger partial charge >= 0.3 is 6.18 Å². The molecule has 0 saturated heterocycles. The topological polar surface area (TPSA) is 59.3 Å². The van der Waals surface area contributed by atoms with Crippen molar-refractivity contribution in [2.75, 3.05) is 11.9 Å². The number of carbonyl (C=O) groups is 1. The van der Waals surface area contributed by atoms with Crippen LogP contribution in [0.15, 0.2) is 42.7 Å². The molecule has 2 aromatic heterocycles. The van der Waals surface area contributed by atoms with Crippen LogP contribution in [0.5, 0.6) is 0 Å². The summed E-state index contributed by atoms with van der Waals surface area (Å²) in [6.07, 6.45) is -2.46. The maximum absolute atomic E-state index is 13.3. The number of benzene rings is 1. The van der Waals surface area contributed by atoms with Gasteiger partial charge in [-0.3, -0.25) is 4.79 Å². The third-order valence-corrected chi connectivity index (χ3v) is 3.40. The Hall–Kier alpha value is -2.97. The van der Waals surface area contributed by atoms with Gasteiger partial charge in [0.15, 0.2) is 5.65 Å². The van der Waals surface area contributed by atoms with E-state index in [1.807, 2.05) is 0 Å². The number of anilines is 1. The number of ketones is 1. The lowest BCUT2D eigenvalue weighted by Crippen LogP contribution is -2.16. The molecule has 0 atom stereocenters. The van der Waals surface area contributed by atoms with Gasteiger partial charge in [-0.2, -0.15) is 18.3 Å². The van der Waals surface area contributed by atoms with E-state index >= 15 is 0 Å². The number of fused-ring (bicyclic) bond motifs is 1. The monoisotopic (exact) mass is 352 g/mol. The minimum absolute atomic E-state index is 0.0365. The molecule has 0 amide bonds. The molecular weight excluding hydrogens is 340 g/mol. The van der Waals surface area contributed by atoms with Crippen molar-refractivity contribution in [2.45, 2.75) is 12.6 Å². The van der Waals surface area contributed by atoms with Crippen LogP contribution < -0.4 is 5.32 Å². The van der Waals surface area contributed by atoms with E-state index in [1.165, 1.54) is 41.2 Å². The van der Waals surface area contributed by atoms with Crippen LogP contribution in [-0.2, 0) is 0 Å². The molecule has 3 rings (SSSR count). The van der Waals surface area contributed by atoms with Gasteiger partial charge < -0.3 is 5.32 Å². The van der Waals surface area contributed by atoms with Crippen molar-refractivity contribution in [1.82, 2.24) is 14.6 Å². The van der Waals surface area contributed by atoms with E-state index in [-0.39, 0.29) is 29.1 Å². The van der Waals surface area contributed by atoms with Crippen LogP contribution in [0.4, 0.5) is 23.2 Å². The summed E-state index contributed by atoms with van der Waals surface area (Å²) in [5, 5.41) is 6.70. The van der Waals surface area contributed by atoms with Crippen molar-refractivity contribution in [1.29, 1.82) is 0 Å². The van der Waals surface area contributed by atoms with Gasteiger partial charge in [0.25, 0.3) is 0 Å². The number of imidazole rings is 1. The first kappa shape index (κ1) is 16.9.